The molecular weight excluding hydrogens is 158 g/mol. The molecule has 0 aromatic rings. The van der Waals surface area contributed by atoms with E-state index in [4.69, 9.17) is 0 Å². The highest BCUT2D eigenvalue weighted by Crippen LogP contribution is 2.34. The van der Waals surface area contributed by atoms with Crippen LogP contribution in [0, 0.1) is 17.8 Å². The van der Waals surface area contributed by atoms with E-state index in [1.807, 2.05) is 0 Å². The SMILES string of the molecule is CC1CC(NCC2CCCC2)C1C. The summed E-state index contributed by atoms with van der Waals surface area (Å²) in [6.45, 7) is 6.06. The zero-order valence-electron chi connectivity index (χ0n) is 9.05. The lowest BCUT2D eigenvalue weighted by atomic mass is 9.71. The highest BCUT2D eigenvalue weighted by Gasteiger charge is 2.34. The van der Waals surface area contributed by atoms with Crippen LogP contribution in [0.5, 0.6) is 0 Å². The first-order valence-electron chi connectivity index (χ1n) is 6.00. The Morgan fingerprint density at radius 2 is 1.85 bits per heavy atom. The summed E-state index contributed by atoms with van der Waals surface area (Å²) in [5.41, 5.74) is 0. The first-order valence-corrected chi connectivity index (χ1v) is 6.00. The smallest absolute Gasteiger partial charge is 0.00980 e. The van der Waals surface area contributed by atoms with E-state index in [1.165, 1.54) is 38.6 Å². The summed E-state index contributed by atoms with van der Waals surface area (Å²) in [7, 11) is 0. The maximum absolute atomic E-state index is 3.74. The molecule has 0 bridgehead atoms. The van der Waals surface area contributed by atoms with Gasteiger partial charge < -0.3 is 5.32 Å². The molecule has 0 heterocycles. The van der Waals surface area contributed by atoms with Gasteiger partial charge in [0, 0.05) is 6.04 Å². The minimum absolute atomic E-state index is 0.843. The van der Waals surface area contributed by atoms with Gasteiger partial charge >= 0.3 is 0 Å². The van der Waals surface area contributed by atoms with Gasteiger partial charge in [-0.05, 0) is 43.6 Å². The van der Waals surface area contributed by atoms with Gasteiger partial charge in [-0.15, -0.1) is 0 Å². The summed E-state index contributed by atoms with van der Waals surface area (Å²) in [5, 5.41) is 3.74. The van der Waals surface area contributed by atoms with Gasteiger partial charge in [0.15, 0.2) is 0 Å². The molecular formula is C12H23N. The molecule has 0 aromatic carbocycles. The largest absolute Gasteiger partial charge is 0.313 e. The second kappa shape index (κ2) is 4.00. The molecule has 76 valence electrons. The molecule has 2 saturated carbocycles. The molecule has 13 heavy (non-hydrogen) atoms. The molecule has 2 aliphatic rings. The minimum atomic E-state index is 0.843. The number of hydrogen-bond acceptors (Lipinski definition) is 1. The Hall–Kier alpha value is -0.0400. The molecule has 1 heteroatoms. The summed E-state index contributed by atoms with van der Waals surface area (Å²) < 4.78 is 0. The summed E-state index contributed by atoms with van der Waals surface area (Å²) in [6, 6.07) is 0.843. The van der Waals surface area contributed by atoms with Crippen molar-refractivity contribution in [1.82, 2.24) is 5.32 Å². The Morgan fingerprint density at radius 1 is 1.15 bits per heavy atom. The first kappa shape index (κ1) is 9.51. The van der Waals surface area contributed by atoms with E-state index < -0.39 is 0 Å². The van der Waals surface area contributed by atoms with E-state index in [9.17, 15) is 0 Å². The quantitative estimate of drug-likeness (QED) is 0.706. The van der Waals surface area contributed by atoms with Crippen molar-refractivity contribution >= 4 is 0 Å². The van der Waals surface area contributed by atoms with Crippen molar-refractivity contribution in [3.63, 3.8) is 0 Å². The van der Waals surface area contributed by atoms with Crippen LogP contribution < -0.4 is 5.32 Å². The summed E-state index contributed by atoms with van der Waals surface area (Å²) in [5.74, 6) is 2.88. The molecule has 0 spiro atoms. The lowest BCUT2D eigenvalue weighted by Crippen LogP contribution is -2.49. The van der Waals surface area contributed by atoms with Crippen molar-refractivity contribution < 1.29 is 0 Å². The van der Waals surface area contributed by atoms with Gasteiger partial charge in [0.25, 0.3) is 0 Å². The van der Waals surface area contributed by atoms with Gasteiger partial charge in [0.05, 0.1) is 0 Å². The van der Waals surface area contributed by atoms with Crippen molar-refractivity contribution in [2.24, 2.45) is 17.8 Å². The van der Waals surface area contributed by atoms with Crippen LogP contribution >= 0.6 is 0 Å². The van der Waals surface area contributed by atoms with Gasteiger partial charge in [0.1, 0.15) is 0 Å². The fourth-order valence-electron chi connectivity index (χ4n) is 2.83. The number of rotatable bonds is 3. The number of nitrogens with one attached hydrogen (secondary N) is 1. The molecule has 2 fully saturated rings. The maximum Gasteiger partial charge on any atom is 0.00980 e. The molecule has 3 atom stereocenters. The van der Waals surface area contributed by atoms with Gasteiger partial charge in [-0.25, -0.2) is 0 Å². The van der Waals surface area contributed by atoms with Crippen molar-refractivity contribution in [2.45, 2.75) is 52.0 Å². The van der Waals surface area contributed by atoms with Crippen LogP contribution in [0.25, 0.3) is 0 Å². The monoisotopic (exact) mass is 181 g/mol. The van der Waals surface area contributed by atoms with E-state index >= 15 is 0 Å². The molecule has 0 amide bonds. The maximum atomic E-state index is 3.74. The standard InChI is InChI=1S/C12H23N/c1-9-7-12(10(9)2)13-8-11-5-3-4-6-11/h9-13H,3-8H2,1-2H3. The van der Waals surface area contributed by atoms with E-state index in [0.29, 0.717) is 0 Å². The zero-order chi connectivity index (χ0) is 9.26. The molecule has 1 nitrogen and oxygen atoms in total. The van der Waals surface area contributed by atoms with Crippen LogP contribution in [0.3, 0.4) is 0 Å². The van der Waals surface area contributed by atoms with Gasteiger partial charge in [0.2, 0.25) is 0 Å². The Morgan fingerprint density at radius 3 is 2.38 bits per heavy atom. The van der Waals surface area contributed by atoms with Crippen LogP contribution in [-0.2, 0) is 0 Å². The van der Waals surface area contributed by atoms with Crippen LogP contribution in [-0.4, -0.2) is 12.6 Å². The Kier molecular flexibility index (Phi) is 2.92. The lowest BCUT2D eigenvalue weighted by Gasteiger charge is -2.42. The second-order valence-electron chi connectivity index (χ2n) is 5.24. The third-order valence-electron chi connectivity index (χ3n) is 4.30. The zero-order valence-corrected chi connectivity index (χ0v) is 9.05. The van der Waals surface area contributed by atoms with Crippen molar-refractivity contribution in [2.75, 3.05) is 6.54 Å². The Labute approximate surface area is 82.3 Å². The van der Waals surface area contributed by atoms with Crippen LogP contribution in [0.4, 0.5) is 0 Å². The van der Waals surface area contributed by atoms with E-state index in [2.05, 4.69) is 19.2 Å². The molecule has 2 aliphatic carbocycles. The predicted molar refractivity (Wildman–Crippen MR) is 56.7 cm³/mol. The molecule has 1 N–H and O–H groups in total. The molecule has 3 unspecified atom stereocenters. The van der Waals surface area contributed by atoms with Gasteiger partial charge in [-0.3, -0.25) is 0 Å². The molecule has 0 aliphatic heterocycles. The van der Waals surface area contributed by atoms with E-state index in [-0.39, 0.29) is 0 Å². The highest BCUT2D eigenvalue weighted by molar-refractivity contribution is 4.89. The second-order valence-corrected chi connectivity index (χ2v) is 5.24. The van der Waals surface area contributed by atoms with Crippen LogP contribution in [0.15, 0.2) is 0 Å². The van der Waals surface area contributed by atoms with Gasteiger partial charge in [-0.2, -0.15) is 0 Å². The van der Waals surface area contributed by atoms with Gasteiger partial charge in [-0.1, -0.05) is 26.7 Å². The average Bonchev–Trinajstić information content (AvgIpc) is 2.64. The van der Waals surface area contributed by atoms with E-state index in [1.54, 1.807) is 0 Å². The van der Waals surface area contributed by atoms with Crippen molar-refractivity contribution in [1.29, 1.82) is 0 Å². The fraction of sp³-hybridized carbons (Fsp3) is 1.00. The third kappa shape index (κ3) is 2.07. The lowest BCUT2D eigenvalue weighted by molar-refractivity contribution is 0.133. The predicted octanol–water partition coefficient (Wildman–Crippen LogP) is 2.81. The molecule has 2 rings (SSSR count). The highest BCUT2D eigenvalue weighted by atomic mass is 14.9. The van der Waals surface area contributed by atoms with Crippen LogP contribution in [0.1, 0.15) is 46.0 Å². The average molecular weight is 181 g/mol. The fourth-order valence-corrected chi connectivity index (χ4v) is 2.83. The van der Waals surface area contributed by atoms with E-state index in [0.717, 1.165) is 23.8 Å². The Bertz CT molecular complexity index is 161. The van der Waals surface area contributed by atoms with Crippen LogP contribution in [0.2, 0.25) is 0 Å². The summed E-state index contributed by atoms with van der Waals surface area (Å²) >= 11 is 0. The normalized spacial score (nSPS) is 40.6. The molecule has 0 saturated heterocycles. The molecule has 0 aromatic heterocycles. The summed E-state index contributed by atoms with van der Waals surface area (Å²) in [6.07, 6.45) is 7.31. The minimum Gasteiger partial charge on any atom is -0.313 e. The van der Waals surface area contributed by atoms with Crippen molar-refractivity contribution in [3.05, 3.63) is 0 Å². The van der Waals surface area contributed by atoms with Crippen molar-refractivity contribution in [3.8, 4) is 0 Å². The first-order chi connectivity index (χ1) is 6.27. The Balaban J connectivity index is 1.63. The topological polar surface area (TPSA) is 12.0 Å². The summed E-state index contributed by atoms with van der Waals surface area (Å²) in [4.78, 5) is 0. The third-order valence-corrected chi connectivity index (χ3v) is 4.30. The number of hydrogen-bond donors (Lipinski definition) is 1. The molecule has 0 radical (unpaired) electrons.